The predicted molar refractivity (Wildman–Crippen MR) is 111 cm³/mol. The quantitative estimate of drug-likeness (QED) is 0.661. The lowest BCUT2D eigenvalue weighted by Crippen LogP contribution is -2.44. The van der Waals surface area contributed by atoms with Gasteiger partial charge in [-0.05, 0) is 49.1 Å². The van der Waals surface area contributed by atoms with Crippen LogP contribution < -0.4 is 20.1 Å². The molecule has 2 N–H and O–H groups in total. The highest BCUT2D eigenvalue weighted by atomic mass is 19.1. The van der Waals surface area contributed by atoms with Gasteiger partial charge in [-0.25, -0.2) is 4.39 Å². The number of halogens is 1. The van der Waals surface area contributed by atoms with Gasteiger partial charge in [0.1, 0.15) is 17.3 Å². The number of ether oxygens (including phenoxy) is 2. The largest absolute Gasteiger partial charge is 0.497 e. The fraction of sp³-hybridized carbons (Fsp3) is 0.391. The van der Waals surface area contributed by atoms with Crippen LogP contribution in [-0.4, -0.2) is 31.6 Å². The molecule has 0 aromatic heterocycles. The number of benzene rings is 2. The Labute approximate surface area is 175 Å². The number of rotatable bonds is 9. The van der Waals surface area contributed by atoms with E-state index in [9.17, 15) is 14.0 Å². The Morgan fingerprint density at radius 1 is 1.17 bits per heavy atom. The Morgan fingerprint density at radius 3 is 2.57 bits per heavy atom. The highest BCUT2D eigenvalue weighted by Crippen LogP contribution is 2.30. The topological polar surface area (TPSA) is 76.7 Å². The summed E-state index contributed by atoms with van der Waals surface area (Å²) in [5.74, 6) is 0.914. The summed E-state index contributed by atoms with van der Waals surface area (Å²) in [6.45, 7) is 0.337. The summed E-state index contributed by atoms with van der Waals surface area (Å²) in [5, 5.41) is 5.96. The normalized spacial score (nSPS) is 18.0. The lowest BCUT2D eigenvalue weighted by atomic mass is 9.85. The maximum absolute atomic E-state index is 13.2. The smallest absolute Gasteiger partial charge is 0.220 e. The second-order valence-electron chi connectivity index (χ2n) is 7.59. The first-order valence-electron chi connectivity index (χ1n) is 9.96. The van der Waals surface area contributed by atoms with Crippen molar-refractivity contribution in [2.45, 2.75) is 44.2 Å². The third-order valence-electron chi connectivity index (χ3n) is 5.49. The van der Waals surface area contributed by atoms with Crippen molar-refractivity contribution >= 4 is 11.8 Å². The van der Waals surface area contributed by atoms with Crippen LogP contribution in [0.25, 0.3) is 0 Å². The molecule has 2 amide bonds. The van der Waals surface area contributed by atoms with Gasteiger partial charge in [0.25, 0.3) is 0 Å². The molecule has 7 heteroatoms. The SMILES string of the molecule is COc1ccc(CNC(=O)CCC2(Cc3ccc(F)cc3)CCC(=O)N2)c(OC)c1. The molecular formula is C23H27FN2O4. The molecular weight excluding hydrogens is 387 g/mol. The van der Waals surface area contributed by atoms with Gasteiger partial charge in [-0.1, -0.05) is 12.1 Å². The third kappa shape index (κ3) is 5.49. The molecule has 30 heavy (non-hydrogen) atoms. The van der Waals surface area contributed by atoms with Gasteiger partial charge < -0.3 is 20.1 Å². The summed E-state index contributed by atoms with van der Waals surface area (Å²) in [7, 11) is 3.15. The molecule has 1 saturated heterocycles. The number of methoxy groups -OCH3 is 2. The number of hydrogen-bond acceptors (Lipinski definition) is 4. The Balaban J connectivity index is 1.58. The number of hydrogen-bond donors (Lipinski definition) is 2. The lowest BCUT2D eigenvalue weighted by molar-refractivity contribution is -0.122. The number of carbonyl (C=O) groups is 2. The highest BCUT2D eigenvalue weighted by molar-refractivity contribution is 5.80. The zero-order valence-corrected chi connectivity index (χ0v) is 17.3. The predicted octanol–water partition coefficient (Wildman–Crippen LogP) is 3.13. The summed E-state index contributed by atoms with van der Waals surface area (Å²) in [4.78, 5) is 24.4. The molecule has 6 nitrogen and oxygen atoms in total. The summed E-state index contributed by atoms with van der Waals surface area (Å²) in [5.41, 5.74) is 1.30. The van der Waals surface area contributed by atoms with Crippen molar-refractivity contribution in [3.8, 4) is 11.5 Å². The Hall–Kier alpha value is -3.09. The number of carbonyl (C=O) groups excluding carboxylic acids is 2. The second-order valence-corrected chi connectivity index (χ2v) is 7.59. The Bertz CT molecular complexity index is 901. The molecule has 0 saturated carbocycles. The Kier molecular flexibility index (Phi) is 6.92. The summed E-state index contributed by atoms with van der Waals surface area (Å²) >= 11 is 0. The minimum absolute atomic E-state index is 0.0134. The van der Waals surface area contributed by atoms with E-state index in [0.29, 0.717) is 43.7 Å². The van der Waals surface area contributed by atoms with E-state index in [1.165, 1.54) is 12.1 Å². The molecule has 3 rings (SSSR count). The first kappa shape index (κ1) is 21.6. The third-order valence-corrected chi connectivity index (χ3v) is 5.49. The average Bonchev–Trinajstić information content (AvgIpc) is 3.12. The fourth-order valence-corrected chi connectivity index (χ4v) is 3.81. The van der Waals surface area contributed by atoms with Crippen molar-refractivity contribution in [3.63, 3.8) is 0 Å². The number of nitrogens with one attached hydrogen (secondary N) is 2. The lowest BCUT2D eigenvalue weighted by Gasteiger charge is -2.29. The molecule has 1 aliphatic rings. The first-order chi connectivity index (χ1) is 14.4. The van der Waals surface area contributed by atoms with Crippen LogP contribution in [0, 0.1) is 5.82 Å². The maximum atomic E-state index is 13.2. The van der Waals surface area contributed by atoms with Gasteiger partial charge in [0, 0.05) is 36.6 Å². The van der Waals surface area contributed by atoms with Gasteiger partial charge in [0.05, 0.1) is 14.2 Å². The molecule has 1 unspecified atom stereocenters. The van der Waals surface area contributed by atoms with Crippen molar-refractivity contribution in [2.75, 3.05) is 14.2 Å². The van der Waals surface area contributed by atoms with E-state index in [0.717, 1.165) is 11.1 Å². The van der Waals surface area contributed by atoms with Crippen LogP contribution in [0.5, 0.6) is 11.5 Å². The van der Waals surface area contributed by atoms with E-state index in [4.69, 9.17) is 9.47 Å². The summed E-state index contributed by atoms with van der Waals surface area (Å²) in [6.07, 6.45) is 2.45. The Morgan fingerprint density at radius 2 is 1.93 bits per heavy atom. The maximum Gasteiger partial charge on any atom is 0.220 e. The van der Waals surface area contributed by atoms with E-state index in [1.54, 1.807) is 32.4 Å². The van der Waals surface area contributed by atoms with Gasteiger partial charge in [0.15, 0.2) is 0 Å². The first-order valence-corrected chi connectivity index (χ1v) is 9.96. The molecule has 2 aromatic rings. The summed E-state index contributed by atoms with van der Waals surface area (Å²) < 4.78 is 23.7. The van der Waals surface area contributed by atoms with Crippen molar-refractivity contribution in [3.05, 3.63) is 59.4 Å². The average molecular weight is 414 g/mol. The van der Waals surface area contributed by atoms with Crippen LogP contribution in [-0.2, 0) is 22.6 Å². The van der Waals surface area contributed by atoms with Crippen LogP contribution >= 0.6 is 0 Å². The van der Waals surface area contributed by atoms with Gasteiger partial charge in [0.2, 0.25) is 11.8 Å². The molecule has 1 fully saturated rings. The van der Waals surface area contributed by atoms with Gasteiger partial charge >= 0.3 is 0 Å². The molecule has 0 bridgehead atoms. The second kappa shape index (κ2) is 9.61. The van der Waals surface area contributed by atoms with Crippen LogP contribution in [0.4, 0.5) is 4.39 Å². The van der Waals surface area contributed by atoms with Crippen molar-refractivity contribution in [1.29, 1.82) is 0 Å². The zero-order chi connectivity index (χ0) is 21.6. The van der Waals surface area contributed by atoms with Crippen LogP contribution in [0.15, 0.2) is 42.5 Å². The van der Waals surface area contributed by atoms with Crippen molar-refractivity contribution < 1.29 is 23.5 Å². The molecule has 0 spiro atoms. The highest BCUT2D eigenvalue weighted by Gasteiger charge is 2.37. The molecule has 1 aliphatic heterocycles. The van der Waals surface area contributed by atoms with Crippen molar-refractivity contribution in [2.24, 2.45) is 0 Å². The molecule has 2 aromatic carbocycles. The van der Waals surface area contributed by atoms with E-state index < -0.39 is 5.54 Å². The summed E-state index contributed by atoms with van der Waals surface area (Å²) in [6, 6.07) is 11.7. The zero-order valence-electron chi connectivity index (χ0n) is 17.3. The van der Waals surface area contributed by atoms with E-state index in [2.05, 4.69) is 10.6 Å². The molecule has 1 heterocycles. The molecule has 1 atom stereocenters. The van der Waals surface area contributed by atoms with E-state index in [1.807, 2.05) is 12.1 Å². The van der Waals surface area contributed by atoms with Crippen LogP contribution in [0.3, 0.4) is 0 Å². The van der Waals surface area contributed by atoms with Gasteiger partial charge in [-0.2, -0.15) is 0 Å². The van der Waals surface area contributed by atoms with Gasteiger partial charge in [-0.15, -0.1) is 0 Å². The minimum Gasteiger partial charge on any atom is -0.497 e. The van der Waals surface area contributed by atoms with Crippen molar-refractivity contribution in [1.82, 2.24) is 10.6 Å². The minimum atomic E-state index is -0.482. The van der Waals surface area contributed by atoms with Gasteiger partial charge in [-0.3, -0.25) is 9.59 Å². The van der Waals surface area contributed by atoms with E-state index >= 15 is 0 Å². The van der Waals surface area contributed by atoms with Crippen LogP contribution in [0.2, 0.25) is 0 Å². The molecule has 0 radical (unpaired) electrons. The van der Waals surface area contributed by atoms with E-state index in [-0.39, 0.29) is 24.1 Å². The standard InChI is InChI=1S/C23H27FN2O4/c1-29-19-8-5-17(20(13-19)30-2)15-25-21(27)9-11-23(12-10-22(28)26-23)14-16-3-6-18(24)7-4-16/h3-8,13H,9-12,14-15H2,1-2H3,(H,25,27)(H,26,28). The molecule has 0 aliphatic carbocycles. The monoisotopic (exact) mass is 414 g/mol. The van der Waals surface area contributed by atoms with Crippen LogP contribution in [0.1, 0.15) is 36.8 Å². The molecule has 160 valence electrons. The number of amides is 2. The fourth-order valence-electron chi connectivity index (χ4n) is 3.81.